The Kier molecular flexibility index (Phi) is 5.11. The maximum atomic E-state index is 6.15. The van der Waals surface area contributed by atoms with Crippen molar-refractivity contribution in [2.24, 2.45) is 0 Å². The molecule has 0 fully saturated rings. The van der Waals surface area contributed by atoms with Crippen LogP contribution in [0.3, 0.4) is 0 Å². The SMILES string of the molecule is COc1cc(-c2cccn2-c2cc(Cl)cc(Cl)c2)cc(OC)c1OC. The Hall–Kier alpha value is -2.30. The van der Waals surface area contributed by atoms with E-state index in [1.807, 2.05) is 47.2 Å². The summed E-state index contributed by atoms with van der Waals surface area (Å²) in [5, 5.41) is 1.15. The highest BCUT2D eigenvalue weighted by molar-refractivity contribution is 6.34. The number of hydrogen-bond acceptors (Lipinski definition) is 3. The second kappa shape index (κ2) is 7.30. The van der Waals surface area contributed by atoms with Crippen molar-refractivity contribution < 1.29 is 14.2 Å². The van der Waals surface area contributed by atoms with E-state index in [0.717, 1.165) is 16.9 Å². The summed E-state index contributed by atoms with van der Waals surface area (Å²) < 4.78 is 18.3. The van der Waals surface area contributed by atoms with Crippen LogP contribution < -0.4 is 14.2 Å². The molecule has 0 amide bonds. The third-order valence-corrected chi connectivity index (χ3v) is 4.27. The Morgan fingerprint density at radius 1 is 0.800 bits per heavy atom. The predicted octanol–water partition coefficient (Wildman–Crippen LogP) is 5.48. The van der Waals surface area contributed by atoms with Crippen molar-refractivity contribution in [1.29, 1.82) is 0 Å². The highest BCUT2D eigenvalue weighted by Crippen LogP contribution is 2.41. The van der Waals surface area contributed by atoms with Gasteiger partial charge in [-0.25, -0.2) is 0 Å². The van der Waals surface area contributed by atoms with Gasteiger partial charge in [-0.2, -0.15) is 0 Å². The Balaban J connectivity index is 2.17. The van der Waals surface area contributed by atoms with E-state index in [-0.39, 0.29) is 0 Å². The molecule has 0 N–H and O–H groups in total. The van der Waals surface area contributed by atoms with Gasteiger partial charge in [-0.05, 0) is 42.5 Å². The first-order valence-corrected chi connectivity index (χ1v) is 8.27. The van der Waals surface area contributed by atoms with Gasteiger partial charge in [0.05, 0.1) is 27.0 Å². The van der Waals surface area contributed by atoms with Crippen molar-refractivity contribution in [2.75, 3.05) is 21.3 Å². The van der Waals surface area contributed by atoms with E-state index in [2.05, 4.69) is 0 Å². The summed E-state index contributed by atoms with van der Waals surface area (Å²) in [7, 11) is 4.77. The van der Waals surface area contributed by atoms with Crippen molar-refractivity contribution in [3.63, 3.8) is 0 Å². The topological polar surface area (TPSA) is 32.6 Å². The summed E-state index contributed by atoms with van der Waals surface area (Å²) in [6.45, 7) is 0. The van der Waals surface area contributed by atoms with Crippen molar-refractivity contribution in [3.05, 3.63) is 58.7 Å². The maximum Gasteiger partial charge on any atom is 0.203 e. The molecule has 0 unspecified atom stereocenters. The van der Waals surface area contributed by atoms with Gasteiger partial charge >= 0.3 is 0 Å². The number of benzene rings is 2. The highest BCUT2D eigenvalue weighted by atomic mass is 35.5. The van der Waals surface area contributed by atoms with Crippen LogP contribution in [-0.4, -0.2) is 25.9 Å². The molecule has 0 saturated carbocycles. The van der Waals surface area contributed by atoms with Gasteiger partial charge < -0.3 is 18.8 Å². The molecule has 0 radical (unpaired) electrons. The van der Waals surface area contributed by atoms with Crippen molar-refractivity contribution >= 4 is 23.2 Å². The van der Waals surface area contributed by atoms with Crippen molar-refractivity contribution in [2.45, 2.75) is 0 Å². The molecular formula is C19H17Cl2NO3. The zero-order chi connectivity index (χ0) is 18.0. The van der Waals surface area contributed by atoms with Crippen LogP contribution in [0.2, 0.25) is 10.0 Å². The first-order valence-electron chi connectivity index (χ1n) is 7.51. The quantitative estimate of drug-likeness (QED) is 0.590. The average molecular weight is 378 g/mol. The molecule has 4 nitrogen and oxygen atoms in total. The number of halogens is 2. The molecule has 0 atom stereocenters. The summed E-state index contributed by atoms with van der Waals surface area (Å²) in [5.74, 6) is 1.74. The first kappa shape index (κ1) is 17.5. The average Bonchev–Trinajstić information content (AvgIpc) is 3.09. The molecule has 0 saturated heterocycles. The number of methoxy groups -OCH3 is 3. The van der Waals surface area contributed by atoms with E-state index in [0.29, 0.717) is 27.3 Å². The van der Waals surface area contributed by atoms with Gasteiger partial charge in [0.25, 0.3) is 0 Å². The van der Waals surface area contributed by atoms with Gasteiger partial charge in [0.2, 0.25) is 5.75 Å². The van der Waals surface area contributed by atoms with Crippen LogP contribution in [0.25, 0.3) is 16.9 Å². The van der Waals surface area contributed by atoms with Crippen LogP contribution in [0.5, 0.6) is 17.2 Å². The van der Waals surface area contributed by atoms with Crippen LogP contribution in [-0.2, 0) is 0 Å². The Labute approximate surface area is 156 Å². The second-order valence-electron chi connectivity index (χ2n) is 5.31. The lowest BCUT2D eigenvalue weighted by Crippen LogP contribution is -1.98. The van der Waals surface area contributed by atoms with Crippen LogP contribution in [0.1, 0.15) is 0 Å². The number of aromatic nitrogens is 1. The molecule has 0 aliphatic carbocycles. The Morgan fingerprint density at radius 3 is 1.92 bits per heavy atom. The van der Waals surface area contributed by atoms with Crippen LogP contribution >= 0.6 is 23.2 Å². The molecule has 0 bridgehead atoms. The van der Waals surface area contributed by atoms with E-state index in [9.17, 15) is 0 Å². The molecular weight excluding hydrogens is 361 g/mol. The van der Waals surface area contributed by atoms with E-state index >= 15 is 0 Å². The van der Waals surface area contributed by atoms with Crippen molar-refractivity contribution in [1.82, 2.24) is 4.57 Å². The van der Waals surface area contributed by atoms with E-state index < -0.39 is 0 Å². The molecule has 0 aliphatic heterocycles. The lowest BCUT2D eigenvalue weighted by molar-refractivity contribution is 0.324. The standard InChI is InChI=1S/C19H17Cl2NO3/c1-23-17-7-12(8-18(24-2)19(17)25-3)16-5-4-6-22(16)15-10-13(20)9-14(21)11-15/h4-11H,1-3H3. The first-order chi connectivity index (χ1) is 12.1. The third-order valence-electron chi connectivity index (χ3n) is 3.83. The summed E-state index contributed by atoms with van der Waals surface area (Å²) in [4.78, 5) is 0. The molecule has 0 aliphatic rings. The van der Waals surface area contributed by atoms with Gasteiger partial charge in [-0.1, -0.05) is 23.2 Å². The summed E-state index contributed by atoms with van der Waals surface area (Å²) in [5.41, 5.74) is 2.72. The molecule has 6 heteroatoms. The lowest BCUT2D eigenvalue weighted by Gasteiger charge is -2.16. The van der Waals surface area contributed by atoms with Gasteiger partial charge in [-0.15, -0.1) is 0 Å². The number of rotatable bonds is 5. The molecule has 3 rings (SSSR count). The minimum absolute atomic E-state index is 0.553. The molecule has 25 heavy (non-hydrogen) atoms. The van der Waals surface area contributed by atoms with Gasteiger partial charge in [-0.3, -0.25) is 0 Å². The predicted molar refractivity (Wildman–Crippen MR) is 101 cm³/mol. The van der Waals surface area contributed by atoms with Crippen LogP contribution in [0.15, 0.2) is 48.7 Å². The van der Waals surface area contributed by atoms with Crippen LogP contribution in [0, 0.1) is 0 Å². The van der Waals surface area contributed by atoms with Gasteiger partial charge in [0, 0.05) is 27.5 Å². The molecule has 0 spiro atoms. The molecule has 1 heterocycles. The lowest BCUT2D eigenvalue weighted by atomic mass is 10.1. The van der Waals surface area contributed by atoms with E-state index in [4.69, 9.17) is 37.4 Å². The maximum absolute atomic E-state index is 6.15. The number of ether oxygens (including phenoxy) is 3. The number of hydrogen-bond donors (Lipinski definition) is 0. The van der Waals surface area contributed by atoms with Crippen molar-refractivity contribution in [3.8, 4) is 34.2 Å². The minimum Gasteiger partial charge on any atom is -0.493 e. The summed E-state index contributed by atoms with van der Waals surface area (Å²) in [6, 6.07) is 13.2. The second-order valence-corrected chi connectivity index (χ2v) is 6.18. The van der Waals surface area contributed by atoms with Gasteiger partial charge in [0.1, 0.15) is 0 Å². The van der Waals surface area contributed by atoms with E-state index in [1.54, 1.807) is 27.4 Å². The molecule has 1 aromatic heterocycles. The monoisotopic (exact) mass is 377 g/mol. The van der Waals surface area contributed by atoms with E-state index in [1.165, 1.54) is 0 Å². The highest BCUT2D eigenvalue weighted by Gasteiger charge is 2.16. The fourth-order valence-corrected chi connectivity index (χ4v) is 3.26. The molecule has 3 aromatic rings. The molecule has 2 aromatic carbocycles. The fraction of sp³-hybridized carbons (Fsp3) is 0.158. The summed E-state index contributed by atoms with van der Waals surface area (Å²) in [6.07, 6.45) is 1.94. The smallest absolute Gasteiger partial charge is 0.203 e. The number of nitrogens with zero attached hydrogens (tertiary/aromatic N) is 1. The van der Waals surface area contributed by atoms with Crippen LogP contribution in [0.4, 0.5) is 0 Å². The zero-order valence-corrected chi connectivity index (χ0v) is 15.6. The Bertz CT molecular complexity index is 860. The normalized spacial score (nSPS) is 10.6. The zero-order valence-electron chi connectivity index (χ0n) is 14.0. The third kappa shape index (κ3) is 3.41. The summed E-state index contributed by atoms with van der Waals surface area (Å²) >= 11 is 12.3. The largest absolute Gasteiger partial charge is 0.493 e. The minimum atomic E-state index is 0.553. The molecule has 130 valence electrons. The fourth-order valence-electron chi connectivity index (χ4n) is 2.75. The van der Waals surface area contributed by atoms with Gasteiger partial charge in [0.15, 0.2) is 11.5 Å². The Morgan fingerprint density at radius 2 is 1.40 bits per heavy atom.